The van der Waals surface area contributed by atoms with Crippen molar-refractivity contribution in [3.8, 4) is 0 Å². The molecule has 1 aliphatic heterocycles. The van der Waals surface area contributed by atoms with Crippen molar-refractivity contribution in [1.82, 2.24) is 19.8 Å². The fourth-order valence-electron chi connectivity index (χ4n) is 2.55. The summed E-state index contributed by atoms with van der Waals surface area (Å²) in [5.74, 6) is -0.657. The molecule has 7 nitrogen and oxygen atoms in total. The third kappa shape index (κ3) is 3.98. The van der Waals surface area contributed by atoms with Gasteiger partial charge in [-0.2, -0.15) is 0 Å². The Kier molecular flexibility index (Phi) is 5.63. The van der Waals surface area contributed by atoms with Crippen molar-refractivity contribution < 1.29 is 9.59 Å². The predicted octanol–water partition coefficient (Wildman–Crippen LogP) is 0.170. The van der Waals surface area contributed by atoms with Gasteiger partial charge in [-0.1, -0.05) is 17.8 Å². The lowest BCUT2D eigenvalue weighted by Gasteiger charge is -2.33. The van der Waals surface area contributed by atoms with Crippen molar-refractivity contribution in [3.63, 3.8) is 0 Å². The fourth-order valence-corrected chi connectivity index (χ4v) is 3.22. The summed E-state index contributed by atoms with van der Waals surface area (Å²) in [6.45, 7) is 3.67. The number of amides is 2. The molecule has 1 aliphatic rings. The van der Waals surface area contributed by atoms with E-state index in [1.807, 2.05) is 6.92 Å². The minimum absolute atomic E-state index is 0.0443. The van der Waals surface area contributed by atoms with E-state index >= 15 is 0 Å². The van der Waals surface area contributed by atoms with Crippen LogP contribution in [-0.2, 0) is 11.2 Å². The zero-order valence-corrected chi connectivity index (χ0v) is 13.0. The van der Waals surface area contributed by atoms with Gasteiger partial charge >= 0.3 is 0 Å². The average molecular weight is 311 g/mol. The highest BCUT2D eigenvalue weighted by atomic mass is 32.1. The zero-order chi connectivity index (χ0) is 15.2. The molecule has 2 amide bonds. The van der Waals surface area contributed by atoms with Crippen molar-refractivity contribution in [1.29, 1.82) is 0 Å². The minimum atomic E-state index is -0.489. The lowest BCUT2D eigenvalue weighted by atomic mass is 10.0. The van der Waals surface area contributed by atoms with E-state index in [9.17, 15) is 9.59 Å². The molecule has 1 saturated heterocycles. The number of piperidine rings is 1. The Morgan fingerprint density at radius 3 is 2.76 bits per heavy atom. The summed E-state index contributed by atoms with van der Waals surface area (Å²) in [4.78, 5) is 26.2. The number of hydrogen-bond acceptors (Lipinski definition) is 6. The molecule has 0 saturated carbocycles. The first-order valence-corrected chi connectivity index (χ1v) is 8.02. The summed E-state index contributed by atoms with van der Waals surface area (Å²) in [7, 11) is 0. The number of primary amides is 1. The number of rotatable bonds is 6. The highest BCUT2D eigenvalue weighted by Crippen LogP contribution is 2.20. The minimum Gasteiger partial charge on any atom is -0.368 e. The first-order valence-electron chi connectivity index (χ1n) is 7.24. The Morgan fingerprint density at radius 2 is 2.14 bits per heavy atom. The van der Waals surface area contributed by atoms with Gasteiger partial charge in [0, 0.05) is 6.04 Å². The number of aryl methyl sites for hydroxylation is 1. The van der Waals surface area contributed by atoms with E-state index in [4.69, 9.17) is 5.73 Å². The Balaban J connectivity index is 2.20. The van der Waals surface area contributed by atoms with Crippen molar-refractivity contribution in [2.45, 2.75) is 38.6 Å². The summed E-state index contributed by atoms with van der Waals surface area (Å²) in [6, 6.07) is 0.0443. The standard InChI is InChI=1S/C13H21N5O2S/c1-2-3-10-12(21-17-16-10)13(20)18(8-11(14)19)9-4-6-15-7-5-9/h9,15H,2-8H2,1H3,(H2,14,19). The van der Waals surface area contributed by atoms with Crippen LogP contribution in [0, 0.1) is 0 Å². The molecule has 0 atom stereocenters. The third-order valence-electron chi connectivity index (χ3n) is 3.57. The molecule has 0 bridgehead atoms. The van der Waals surface area contributed by atoms with Crippen LogP contribution in [0.25, 0.3) is 0 Å². The van der Waals surface area contributed by atoms with Crippen LogP contribution in [-0.4, -0.2) is 52.0 Å². The quantitative estimate of drug-likeness (QED) is 0.780. The molecule has 1 aromatic heterocycles. The van der Waals surface area contributed by atoms with Gasteiger partial charge in [0.25, 0.3) is 5.91 Å². The summed E-state index contributed by atoms with van der Waals surface area (Å²) < 4.78 is 3.88. The van der Waals surface area contributed by atoms with Crippen molar-refractivity contribution in [3.05, 3.63) is 10.6 Å². The Morgan fingerprint density at radius 1 is 1.43 bits per heavy atom. The van der Waals surface area contributed by atoms with Gasteiger partial charge in [-0.05, 0) is 43.9 Å². The molecule has 0 aromatic carbocycles. The lowest BCUT2D eigenvalue weighted by Crippen LogP contribution is -2.49. The molecule has 0 spiro atoms. The van der Waals surface area contributed by atoms with E-state index in [2.05, 4.69) is 14.9 Å². The second kappa shape index (κ2) is 7.46. The first-order chi connectivity index (χ1) is 10.1. The van der Waals surface area contributed by atoms with E-state index in [0.29, 0.717) is 11.3 Å². The Hall–Kier alpha value is -1.54. The third-order valence-corrected chi connectivity index (χ3v) is 4.33. The molecule has 21 heavy (non-hydrogen) atoms. The molecule has 0 unspecified atom stereocenters. The molecule has 1 fully saturated rings. The van der Waals surface area contributed by atoms with Gasteiger partial charge in [0.15, 0.2) is 0 Å². The van der Waals surface area contributed by atoms with Crippen LogP contribution < -0.4 is 11.1 Å². The van der Waals surface area contributed by atoms with Crippen molar-refractivity contribution in [2.75, 3.05) is 19.6 Å². The van der Waals surface area contributed by atoms with E-state index in [1.165, 1.54) is 0 Å². The van der Waals surface area contributed by atoms with Crippen LogP contribution in [0.5, 0.6) is 0 Å². The molecular formula is C13H21N5O2S. The molecular weight excluding hydrogens is 290 g/mol. The maximum atomic E-state index is 12.8. The van der Waals surface area contributed by atoms with Crippen LogP contribution in [0.4, 0.5) is 0 Å². The predicted molar refractivity (Wildman–Crippen MR) is 80.0 cm³/mol. The highest BCUT2D eigenvalue weighted by Gasteiger charge is 2.30. The molecule has 2 heterocycles. The van der Waals surface area contributed by atoms with Gasteiger partial charge in [0.1, 0.15) is 4.88 Å². The summed E-state index contributed by atoms with van der Waals surface area (Å²) >= 11 is 1.10. The molecule has 1 aromatic rings. The summed E-state index contributed by atoms with van der Waals surface area (Å²) in [5.41, 5.74) is 6.03. The van der Waals surface area contributed by atoms with Crippen LogP contribution in [0.15, 0.2) is 0 Å². The van der Waals surface area contributed by atoms with Crippen LogP contribution in [0.2, 0.25) is 0 Å². The number of aromatic nitrogens is 2. The van der Waals surface area contributed by atoms with E-state index in [-0.39, 0.29) is 18.5 Å². The van der Waals surface area contributed by atoms with Crippen LogP contribution in [0.1, 0.15) is 41.6 Å². The number of hydrogen-bond donors (Lipinski definition) is 2. The van der Waals surface area contributed by atoms with Crippen LogP contribution >= 0.6 is 11.5 Å². The molecule has 0 radical (unpaired) electrons. The second-order valence-corrected chi connectivity index (χ2v) is 5.93. The smallest absolute Gasteiger partial charge is 0.268 e. The maximum Gasteiger partial charge on any atom is 0.268 e. The average Bonchev–Trinajstić information content (AvgIpc) is 2.93. The molecule has 2 rings (SSSR count). The fraction of sp³-hybridized carbons (Fsp3) is 0.692. The van der Waals surface area contributed by atoms with Gasteiger partial charge in [0.05, 0.1) is 12.2 Å². The molecule has 3 N–H and O–H groups in total. The molecule has 8 heteroatoms. The SMILES string of the molecule is CCCc1nnsc1C(=O)N(CC(N)=O)C1CCNCC1. The Bertz CT molecular complexity index is 499. The Labute approximate surface area is 128 Å². The maximum absolute atomic E-state index is 12.8. The summed E-state index contributed by atoms with van der Waals surface area (Å²) in [5, 5.41) is 7.28. The normalized spacial score (nSPS) is 15.9. The van der Waals surface area contributed by atoms with E-state index in [0.717, 1.165) is 49.6 Å². The highest BCUT2D eigenvalue weighted by molar-refractivity contribution is 7.08. The largest absolute Gasteiger partial charge is 0.368 e. The van der Waals surface area contributed by atoms with Gasteiger partial charge in [-0.25, -0.2) is 0 Å². The molecule has 0 aliphatic carbocycles. The topological polar surface area (TPSA) is 101 Å². The number of carbonyl (C=O) groups excluding carboxylic acids is 2. The van der Waals surface area contributed by atoms with Crippen molar-refractivity contribution in [2.24, 2.45) is 5.73 Å². The summed E-state index contributed by atoms with van der Waals surface area (Å²) in [6.07, 6.45) is 3.27. The number of carbonyl (C=O) groups is 2. The van der Waals surface area contributed by atoms with E-state index in [1.54, 1.807) is 4.90 Å². The zero-order valence-electron chi connectivity index (χ0n) is 12.2. The lowest BCUT2D eigenvalue weighted by molar-refractivity contribution is -0.119. The monoisotopic (exact) mass is 311 g/mol. The first kappa shape index (κ1) is 15.8. The van der Waals surface area contributed by atoms with Gasteiger partial charge < -0.3 is 16.0 Å². The number of nitrogens with two attached hydrogens (primary N) is 1. The number of nitrogens with zero attached hydrogens (tertiary/aromatic N) is 3. The van der Waals surface area contributed by atoms with Gasteiger partial charge in [0.2, 0.25) is 5.91 Å². The van der Waals surface area contributed by atoms with Gasteiger partial charge in [-0.3, -0.25) is 9.59 Å². The van der Waals surface area contributed by atoms with Crippen LogP contribution in [0.3, 0.4) is 0 Å². The number of nitrogens with one attached hydrogen (secondary N) is 1. The van der Waals surface area contributed by atoms with Crippen molar-refractivity contribution >= 4 is 23.3 Å². The second-order valence-electron chi connectivity index (χ2n) is 5.18. The van der Waals surface area contributed by atoms with Gasteiger partial charge in [-0.15, -0.1) is 5.10 Å². The molecule has 116 valence electrons. The van der Waals surface area contributed by atoms with E-state index < -0.39 is 5.91 Å².